The van der Waals surface area contributed by atoms with Gasteiger partial charge >= 0.3 is 6.47 Å². The maximum atomic E-state index is 9.67. The lowest BCUT2D eigenvalue weighted by atomic mass is 10.3. The van der Waals surface area contributed by atoms with Gasteiger partial charge < -0.3 is 4.74 Å². The molecule has 0 aromatic carbocycles. The standard InChI is InChI=1S/C5H7Br2O2/c6-2-1-5(3-7)9-4-8/h5H,1-3H2. The summed E-state index contributed by atoms with van der Waals surface area (Å²) in [4.78, 5) is 9.67. The van der Waals surface area contributed by atoms with E-state index in [1.165, 1.54) is 6.47 Å². The van der Waals surface area contributed by atoms with E-state index >= 15 is 0 Å². The lowest BCUT2D eigenvalue weighted by Gasteiger charge is -2.07. The highest BCUT2D eigenvalue weighted by atomic mass is 79.9. The maximum absolute atomic E-state index is 9.67. The summed E-state index contributed by atoms with van der Waals surface area (Å²) < 4.78 is 4.55. The van der Waals surface area contributed by atoms with Gasteiger partial charge in [0.15, 0.2) is 0 Å². The second-order valence-corrected chi connectivity index (χ2v) is 2.90. The second kappa shape index (κ2) is 6.55. The van der Waals surface area contributed by atoms with Crippen LogP contribution in [-0.4, -0.2) is 23.2 Å². The molecule has 0 aromatic rings. The van der Waals surface area contributed by atoms with Crippen LogP contribution in [0, 0.1) is 0 Å². The van der Waals surface area contributed by atoms with E-state index in [9.17, 15) is 4.79 Å². The molecule has 53 valence electrons. The summed E-state index contributed by atoms with van der Waals surface area (Å²) in [6, 6.07) is 0. The number of carbonyl (C=O) groups excluding carboxylic acids is 1. The highest BCUT2D eigenvalue weighted by molar-refractivity contribution is 9.09. The summed E-state index contributed by atoms with van der Waals surface area (Å²) in [6.45, 7) is 1.40. The molecule has 0 aliphatic carbocycles. The maximum Gasteiger partial charge on any atom is 0.417 e. The molecule has 0 aromatic heterocycles. The Morgan fingerprint density at radius 3 is 2.56 bits per heavy atom. The summed E-state index contributed by atoms with van der Waals surface area (Å²) in [5.41, 5.74) is 0. The van der Waals surface area contributed by atoms with Crippen molar-refractivity contribution in [2.24, 2.45) is 0 Å². The van der Waals surface area contributed by atoms with Crippen molar-refractivity contribution >= 4 is 38.3 Å². The van der Waals surface area contributed by atoms with Crippen molar-refractivity contribution in [1.82, 2.24) is 0 Å². The van der Waals surface area contributed by atoms with Crippen LogP contribution >= 0.6 is 31.9 Å². The van der Waals surface area contributed by atoms with Gasteiger partial charge in [-0.1, -0.05) is 31.9 Å². The Morgan fingerprint density at radius 2 is 2.22 bits per heavy atom. The first-order valence-electron chi connectivity index (χ1n) is 2.49. The van der Waals surface area contributed by atoms with Crippen LogP contribution in [0.25, 0.3) is 0 Å². The predicted octanol–water partition coefficient (Wildman–Crippen LogP) is 1.62. The SMILES string of the molecule is O=[C]OC(CBr)CCBr. The van der Waals surface area contributed by atoms with E-state index in [0.717, 1.165) is 11.8 Å². The van der Waals surface area contributed by atoms with E-state index in [4.69, 9.17) is 0 Å². The second-order valence-electron chi connectivity index (χ2n) is 1.46. The van der Waals surface area contributed by atoms with Crippen molar-refractivity contribution in [3.63, 3.8) is 0 Å². The Labute approximate surface area is 71.2 Å². The Kier molecular flexibility index (Phi) is 6.86. The molecule has 0 fully saturated rings. The molecule has 0 saturated heterocycles. The first kappa shape index (κ1) is 9.43. The third-order valence-electron chi connectivity index (χ3n) is 0.818. The monoisotopic (exact) mass is 257 g/mol. The number of halogens is 2. The number of alkyl halides is 2. The molecule has 0 rings (SSSR count). The Morgan fingerprint density at radius 1 is 1.56 bits per heavy atom. The smallest absolute Gasteiger partial charge is 0.417 e. The highest BCUT2D eigenvalue weighted by Crippen LogP contribution is 2.02. The van der Waals surface area contributed by atoms with Crippen LogP contribution in [0.15, 0.2) is 0 Å². The fraction of sp³-hybridized carbons (Fsp3) is 0.800. The van der Waals surface area contributed by atoms with Crippen molar-refractivity contribution < 1.29 is 9.53 Å². The van der Waals surface area contributed by atoms with Crippen molar-refractivity contribution in [3.05, 3.63) is 0 Å². The normalized spacial score (nSPS) is 12.7. The summed E-state index contributed by atoms with van der Waals surface area (Å²) in [5, 5.41) is 1.51. The first-order valence-corrected chi connectivity index (χ1v) is 4.74. The molecule has 4 heteroatoms. The lowest BCUT2D eigenvalue weighted by Crippen LogP contribution is -2.13. The van der Waals surface area contributed by atoms with Crippen molar-refractivity contribution in [3.8, 4) is 0 Å². The van der Waals surface area contributed by atoms with Crippen LogP contribution in [0.1, 0.15) is 6.42 Å². The van der Waals surface area contributed by atoms with Crippen LogP contribution in [0.4, 0.5) is 0 Å². The molecular formula is C5H7Br2O2. The minimum absolute atomic E-state index is 0.0399. The van der Waals surface area contributed by atoms with Crippen LogP contribution < -0.4 is 0 Å². The number of ether oxygens (including phenoxy) is 1. The average molecular weight is 259 g/mol. The van der Waals surface area contributed by atoms with E-state index in [2.05, 4.69) is 36.6 Å². The molecule has 0 aliphatic heterocycles. The van der Waals surface area contributed by atoms with Gasteiger partial charge in [-0.15, -0.1) is 0 Å². The minimum atomic E-state index is -0.0399. The molecule has 0 aliphatic rings. The zero-order valence-corrected chi connectivity index (χ0v) is 7.94. The van der Waals surface area contributed by atoms with Crippen molar-refractivity contribution in [2.75, 3.05) is 10.7 Å². The van der Waals surface area contributed by atoms with Gasteiger partial charge in [-0.3, -0.25) is 0 Å². The van der Waals surface area contributed by atoms with Crippen LogP contribution in [0.2, 0.25) is 0 Å². The topological polar surface area (TPSA) is 26.3 Å². The van der Waals surface area contributed by atoms with Crippen molar-refractivity contribution in [2.45, 2.75) is 12.5 Å². The van der Waals surface area contributed by atoms with Gasteiger partial charge in [-0.25, -0.2) is 4.79 Å². The minimum Gasteiger partial charge on any atom is -0.453 e. The zero-order chi connectivity index (χ0) is 7.11. The quantitative estimate of drug-likeness (QED) is 0.701. The fourth-order valence-corrected chi connectivity index (χ4v) is 1.32. The van der Waals surface area contributed by atoms with Gasteiger partial charge in [0.2, 0.25) is 0 Å². The zero-order valence-electron chi connectivity index (χ0n) is 4.77. The van der Waals surface area contributed by atoms with Crippen LogP contribution in [0.5, 0.6) is 0 Å². The Balaban J connectivity index is 3.28. The number of hydrogen-bond acceptors (Lipinski definition) is 2. The summed E-state index contributed by atoms with van der Waals surface area (Å²) in [6.07, 6.45) is 0.780. The Bertz CT molecular complexity index is 77.4. The number of rotatable bonds is 5. The van der Waals surface area contributed by atoms with E-state index in [1.54, 1.807) is 0 Å². The van der Waals surface area contributed by atoms with Gasteiger partial charge in [0.05, 0.1) is 0 Å². The molecule has 0 N–H and O–H groups in total. The van der Waals surface area contributed by atoms with Gasteiger partial charge in [0.1, 0.15) is 6.10 Å². The van der Waals surface area contributed by atoms with Crippen LogP contribution in [0.3, 0.4) is 0 Å². The molecular weight excluding hydrogens is 252 g/mol. The average Bonchev–Trinajstić information content (AvgIpc) is 1.88. The van der Waals surface area contributed by atoms with Gasteiger partial charge in [0.25, 0.3) is 0 Å². The molecule has 2 nitrogen and oxygen atoms in total. The predicted molar refractivity (Wildman–Crippen MR) is 42.8 cm³/mol. The Hall–Kier alpha value is 0.430. The third kappa shape index (κ3) is 4.90. The summed E-state index contributed by atoms with van der Waals surface area (Å²) in [7, 11) is 0. The van der Waals surface area contributed by atoms with Gasteiger partial charge in [-0.05, 0) is 6.42 Å². The third-order valence-corrected chi connectivity index (χ3v) is 2.00. The molecule has 9 heavy (non-hydrogen) atoms. The summed E-state index contributed by atoms with van der Waals surface area (Å²) in [5.74, 6) is 0. The van der Waals surface area contributed by atoms with E-state index in [0.29, 0.717) is 5.33 Å². The summed E-state index contributed by atoms with van der Waals surface area (Å²) >= 11 is 6.42. The molecule has 0 bridgehead atoms. The van der Waals surface area contributed by atoms with E-state index in [1.807, 2.05) is 0 Å². The molecule has 1 unspecified atom stereocenters. The van der Waals surface area contributed by atoms with Crippen LogP contribution in [-0.2, 0) is 9.53 Å². The molecule has 0 amide bonds. The lowest BCUT2D eigenvalue weighted by molar-refractivity contribution is 0.197. The molecule has 1 radical (unpaired) electrons. The van der Waals surface area contributed by atoms with Crippen molar-refractivity contribution in [1.29, 1.82) is 0 Å². The van der Waals surface area contributed by atoms with Gasteiger partial charge in [-0.2, -0.15) is 0 Å². The van der Waals surface area contributed by atoms with E-state index < -0.39 is 0 Å². The van der Waals surface area contributed by atoms with E-state index in [-0.39, 0.29) is 6.10 Å². The number of hydrogen-bond donors (Lipinski definition) is 0. The molecule has 0 spiro atoms. The largest absolute Gasteiger partial charge is 0.453 e. The first-order chi connectivity index (χ1) is 4.35. The molecule has 0 saturated carbocycles. The molecule has 1 atom stereocenters. The molecule has 0 heterocycles. The van der Waals surface area contributed by atoms with Gasteiger partial charge in [0, 0.05) is 10.7 Å². The highest BCUT2D eigenvalue weighted by Gasteiger charge is 2.04. The fourth-order valence-electron chi connectivity index (χ4n) is 0.357.